The molecule has 0 fully saturated rings. The fourth-order valence-corrected chi connectivity index (χ4v) is 1.16. The summed E-state index contributed by atoms with van der Waals surface area (Å²) in [4.78, 5) is 11.3. The lowest BCUT2D eigenvalue weighted by Crippen LogP contribution is -2.24. The molecule has 2 amide bonds. The van der Waals surface area contributed by atoms with Gasteiger partial charge in [-0.05, 0) is 16.4 Å². The SMILES string of the molecule is Nc1nonc1NC(=O)N/N=C\c1ccccc1F. The average molecular weight is 264 g/mol. The molecule has 0 aliphatic rings. The maximum atomic E-state index is 13.2. The molecule has 0 radical (unpaired) electrons. The van der Waals surface area contributed by atoms with E-state index in [1.54, 1.807) is 12.1 Å². The van der Waals surface area contributed by atoms with E-state index in [1.165, 1.54) is 18.3 Å². The standard InChI is InChI=1S/C10H9FN6O2/c11-7-4-2-1-3-6(7)5-13-15-10(18)14-9-8(12)16-19-17-9/h1-5H,(H2,12,16)(H2,14,15,17,18)/b13-5-. The van der Waals surface area contributed by atoms with Crippen LogP contribution >= 0.6 is 0 Å². The van der Waals surface area contributed by atoms with Crippen LogP contribution in [0.1, 0.15) is 5.56 Å². The number of benzene rings is 1. The smallest absolute Gasteiger partial charge is 0.340 e. The zero-order valence-electron chi connectivity index (χ0n) is 9.50. The highest BCUT2D eigenvalue weighted by molar-refractivity contribution is 5.91. The fourth-order valence-electron chi connectivity index (χ4n) is 1.16. The van der Waals surface area contributed by atoms with Crippen LogP contribution in [0.25, 0.3) is 0 Å². The van der Waals surface area contributed by atoms with Crippen molar-refractivity contribution in [2.45, 2.75) is 0 Å². The Morgan fingerprint density at radius 3 is 2.89 bits per heavy atom. The lowest BCUT2D eigenvalue weighted by Gasteiger charge is -1.99. The molecule has 2 rings (SSSR count). The van der Waals surface area contributed by atoms with Gasteiger partial charge in [-0.3, -0.25) is 5.32 Å². The Morgan fingerprint density at radius 1 is 1.42 bits per heavy atom. The van der Waals surface area contributed by atoms with Crippen LogP contribution in [0.15, 0.2) is 34.0 Å². The average Bonchev–Trinajstić information content (AvgIpc) is 2.77. The molecule has 4 N–H and O–H groups in total. The number of urea groups is 1. The molecule has 0 spiro atoms. The van der Waals surface area contributed by atoms with Gasteiger partial charge in [0.1, 0.15) is 5.82 Å². The van der Waals surface area contributed by atoms with Crippen LogP contribution in [0, 0.1) is 5.82 Å². The summed E-state index contributed by atoms with van der Waals surface area (Å²) < 4.78 is 17.5. The summed E-state index contributed by atoms with van der Waals surface area (Å²) in [6.45, 7) is 0. The van der Waals surface area contributed by atoms with Crippen LogP contribution in [-0.4, -0.2) is 22.6 Å². The molecule has 0 aliphatic carbocycles. The topological polar surface area (TPSA) is 118 Å². The van der Waals surface area contributed by atoms with Gasteiger partial charge in [0.25, 0.3) is 0 Å². The Labute approximate surface area is 106 Å². The number of nitrogen functional groups attached to an aromatic ring is 1. The third-order valence-corrected chi connectivity index (χ3v) is 2.02. The van der Waals surface area contributed by atoms with Crippen LogP contribution in [0.2, 0.25) is 0 Å². The van der Waals surface area contributed by atoms with Crippen LogP contribution in [0.5, 0.6) is 0 Å². The summed E-state index contributed by atoms with van der Waals surface area (Å²) in [7, 11) is 0. The molecular weight excluding hydrogens is 255 g/mol. The first-order valence-corrected chi connectivity index (χ1v) is 5.09. The first-order chi connectivity index (χ1) is 9.16. The molecule has 0 aliphatic heterocycles. The van der Waals surface area contributed by atoms with Crippen molar-refractivity contribution in [2.24, 2.45) is 5.10 Å². The van der Waals surface area contributed by atoms with E-state index in [2.05, 4.69) is 30.8 Å². The zero-order chi connectivity index (χ0) is 13.7. The number of hydrazone groups is 1. The number of nitrogens with one attached hydrogen (secondary N) is 2. The van der Waals surface area contributed by atoms with Gasteiger partial charge in [-0.25, -0.2) is 19.2 Å². The van der Waals surface area contributed by atoms with Crippen molar-refractivity contribution in [3.63, 3.8) is 0 Å². The summed E-state index contributed by atoms with van der Waals surface area (Å²) in [5, 5.41) is 12.4. The van der Waals surface area contributed by atoms with E-state index in [1.807, 2.05) is 0 Å². The second kappa shape index (κ2) is 5.58. The molecule has 0 atom stereocenters. The number of aromatic nitrogens is 2. The molecule has 0 bridgehead atoms. The number of anilines is 2. The van der Waals surface area contributed by atoms with Crippen molar-refractivity contribution >= 4 is 23.9 Å². The van der Waals surface area contributed by atoms with Gasteiger partial charge in [0.05, 0.1) is 6.21 Å². The van der Waals surface area contributed by atoms with Crippen LogP contribution in [0.4, 0.5) is 20.8 Å². The van der Waals surface area contributed by atoms with Crippen molar-refractivity contribution in [3.8, 4) is 0 Å². The van der Waals surface area contributed by atoms with Gasteiger partial charge in [-0.2, -0.15) is 5.10 Å². The van der Waals surface area contributed by atoms with Gasteiger partial charge < -0.3 is 5.73 Å². The second-order valence-corrected chi connectivity index (χ2v) is 3.34. The number of nitrogens with zero attached hydrogens (tertiary/aromatic N) is 3. The monoisotopic (exact) mass is 264 g/mol. The summed E-state index contributed by atoms with van der Waals surface area (Å²) in [6.07, 6.45) is 1.17. The number of carbonyl (C=O) groups excluding carboxylic acids is 1. The van der Waals surface area contributed by atoms with Gasteiger partial charge in [0.2, 0.25) is 11.6 Å². The minimum Gasteiger partial charge on any atom is -0.378 e. The quantitative estimate of drug-likeness (QED) is 0.563. The van der Waals surface area contributed by atoms with Crippen molar-refractivity contribution in [3.05, 3.63) is 35.6 Å². The van der Waals surface area contributed by atoms with Crippen LogP contribution < -0.4 is 16.5 Å². The molecule has 8 nitrogen and oxygen atoms in total. The molecule has 98 valence electrons. The molecule has 19 heavy (non-hydrogen) atoms. The van der Waals surface area contributed by atoms with Gasteiger partial charge >= 0.3 is 6.03 Å². The third-order valence-electron chi connectivity index (χ3n) is 2.02. The minimum absolute atomic E-state index is 0.0291. The van der Waals surface area contributed by atoms with E-state index in [0.717, 1.165) is 0 Å². The number of amides is 2. The molecule has 1 aromatic heterocycles. The summed E-state index contributed by atoms with van der Waals surface area (Å²) >= 11 is 0. The van der Waals surface area contributed by atoms with E-state index in [4.69, 9.17) is 5.73 Å². The molecule has 1 heterocycles. The highest BCUT2D eigenvalue weighted by Gasteiger charge is 2.08. The lowest BCUT2D eigenvalue weighted by molar-refractivity contribution is 0.252. The Balaban J connectivity index is 1.91. The number of halogens is 1. The molecule has 9 heteroatoms. The maximum Gasteiger partial charge on any atom is 0.340 e. The Hall–Kier alpha value is -2.97. The summed E-state index contributed by atoms with van der Waals surface area (Å²) in [5.41, 5.74) is 7.68. The first-order valence-electron chi connectivity index (χ1n) is 5.09. The van der Waals surface area contributed by atoms with Gasteiger partial charge in [-0.1, -0.05) is 18.2 Å². The number of hydrogen-bond acceptors (Lipinski definition) is 6. The van der Waals surface area contributed by atoms with Crippen molar-refractivity contribution in [1.29, 1.82) is 0 Å². The normalized spacial score (nSPS) is 10.6. The predicted molar refractivity (Wildman–Crippen MR) is 64.9 cm³/mol. The Kier molecular flexibility index (Phi) is 3.67. The molecule has 0 saturated heterocycles. The highest BCUT2D eigenvalue weighted by atomic mass is 19.1. The Morgan fingerprint density at radius 2 is 2.21 bits per heavy atom. The Bertz CT molecular complexity index is 612. The second-order valence-electron chi connectivity index (χ2n) is 3.34. The molecule has 1 aromatic carbocycles. The minimum atomic E-state index is -0.713. The lowest BCUT2D eigenvalue weighted by atomic mass is 10.2. The highest BCUT2D eigenvalue weighted by Crippen LogP contribution is 2.09. The van der Waals surface area contributed by atoms with Crippen LogP contribution in [-0.2, 0) is 0 Å². The molecular formula is C10H9FN6O2. The number of nitrogens with two attached hydrogens (primary N) is 1. The number of carbonyl (C=O) groups is 1. The molecule has 0 unspecified atom stereocenters. The van der Waals surface area contributed by atoms with Gasteiger partial charge in [-0.15, -0.1) is 0 Å². The molecule has 2 aromatic rings. The largest absolute Gasteiger partial charge is 0.378 e. The van der Waals surface area contributed by atoms with E-state index >= 15 is 0 Å². The first kappa shape index (κ1) is 12.5. The van der Waals surface area contributed by atoms with E-state index in [9.17, 15) is 9.18 Å². The van der Waals surface area contributed by atoms with E-state index in [-0.39, 0.29) is 17.2 Å². The number of hydrogen-bond donors (Lipinski definition) is 3. The summed E-state index contributed by atoms with van der Waals surface area (Å²) in [6, 6.07) is 5.27. The van der Waals surface area contributed by atoms with Gasteiger partial charge in [0.15, 0.2) is 0 Å². The zero-order valence-corrected chi connectivity index (χ0v) is 9.50. The maximum absolute atomic E-state index is 13.2. The van der Waals surface area contributed by atoms with Crippen molar-refractivity contribution < 1.29 is 13.8 Å². The summed E-state index contributed by atoms with van der Waals surface area (Å²) in [5.74, 6) is -0.537. The fraction of sp³-hybridized carbons (Fsp3) is 0. The van der Waals surface area contributed by atoms with Crippen LogP contribution in [0.3, 0.4) is 0 Å². The van der Waals surface area contributed by atoms with E-state index in [0.29, 0.717) is 0 Å². The molecule has 0 saturated carbocycles. The van der Waals surface area contributed by atoms with Crippen molar-refractivity contribution in [1.82, 2.24) is 15.7 Å². The third kappa shape index (κ3) is 3.25. The van der Waals surface area contributed by atoms with Crippen molar-refractivity contribution in [2.75, 3.05) is 11.1 Å². The number of rotatable bonds is 3. The predicted octanol–water partition coefficient (Wildman–Crippen LogP) is 0.946. The van der Waals surface area contributed by atoms with E-state index < -0.39 is 11.8 Å². The van der Waals surface area contributed by atoms with Gasteiger partial charge in [0, 0.05) is 5.56 Å².